The minimum atomic E-state index is -0.134. The summed E-state index contributed by atoms with van der Waals surface area (Å²) in [5.74, 6) is -0.134. The fourth-order valence-electron chi connectivity index (χ4n) is 3.48. The molecule has 0 aliphatic rings. The monoisotopic (exact) mass is 366 g/mol. The van der Waals surface area contributed by atoms with Crippen molar-refractivity contribution in [1.82, 2.24) is 20.4 Å². The lowest BCUT2D eigenvalue weighted by molar-refractivity contribution is 0.0936. The maximum Gasteiger partial charge on any atom is 0.258 e. The summed E-state index contributed by atoms with van der Waals surface area (Å²) in [5.41, 5.74) is 3.56. The van der Waals surface area contributed by atoms with Crippen LogP contribution in [0.2, 0.25) is 0 Å². The van der Waals surface area contributed by atoms with Crippen molar-refractivity contribution in [2.24, 2.45) is 0 Å². The van der Waals surface area contributed by atoms with Crippen LogP contribution in [0.25, 0.3) is 11.1 Å². The van der Waals surface area contributed by atoms with Crippen LogP contribution in [-0.2, 0) is 0 Å². The van der Waals surface area contributed by atoms with Crippen LogP contribution in [0, 0.1) is 13.8 Å². The zero-order chi connectivity index (χ0) is 19.4. The lowest BCUT2D eigenvalue weighted by atomic mass is 10.0. The Balaban J connectivity index is 1.86. The average Bonchev–Trinajstić information content (AvgIpc) is 3.05. The van der Waals surface area contributed by atoms with Gasteiger partial charge in [-0.1, -0.05) is 49.3 Å². The van der Waals surface area contributed by atoms with Crippen molar-refractivity contribution in [2.75, 3.05) is 19.6 Å². The third kappa shape index (κ3) is 4.01. The van der Waals surface area contributed by atoms with Crippen molar-refractivity contribution in [3.8, 4) is 0 Å². The van der Waals surface area contributed by atoms with Crippen LogP contribution in [-0.4, -0.2) is 40.6 Å². The fourth-order valence-corrected chi connectivity index (χ4v) is 3.48. The van der Waals surface area contributed by atoms with Gasteiger partial charge in [0.05, 0.1) is 22.7 Å². The van der Waals surface area contributed by atoms with Gasteiger partial charge in [-0.25, -0.2) is 4.98 Å². The van der Waals surface area contributed by atoms with Crippen molar-refractivity contribution in [1.29, 1.82) is 0 Å². The molecule has 1 N–H and O–H groups in total. The maximum atomic E-state index is 13.0. The number of aromatic nitrogens is 2. The van der Waals surface area contributed by atoms with Crippen LogP contribution >= 0.6 is 0 Å². The van der Waals surface area contributed by atoms with Crippen molar-refractivity contribution < 1.29 is 9.32 Å². The van der Waals surface area contributed by atoms with Gasteiger partial charge in [0, 0.05) is 12.2 Å². The van der Waals surface area contributed by atoms with E-state index in [9.17, 15) is 4.79 Å². The molecular formula is C21H26N4O2. The van der Waals surface area contributed by atoms with E-state index in [0.29, 0.717) is 28.9 Å². The zero-order valence-electron chi connectivity index (χ0n) is 16.3. The molecule has 1 amide bonds. The number of carbonyl (C=O) groups excluding carboxylic acids is 1. The smallest absolute Gasteiger partial charge is 0.258 e. The van der Waals surface area contributed by atoms with Gasteiger partial charge >= 0.3 is 0 Å². The molecular weight excluding hydrogens is 340 g/mol. The van der Waals surface area contributed by atoms with E-state index in [0.717, 1.165) is 18.8 Å². The van der Waals surface area contributed by atoms with E-state index in [1.807, 2.05) is 32.0 Å². The first-order chi connectivity index (χ1) is 13.0. The lowest BCUT2D eigenvalue weighted by Gasteiger charge is -2.30. The number of rotatable bonds is 7. The summed E-state index contributed by atoms with van der Waals surface area (Å²) in [6.45, 7) is 10.3. The summed E-state index contributed by atoms with van der Waals surface area (Å²) in [4.78, 5) is 19.6. The van der Waals surface area contributed by atoms with Crippen LogP contribution in [0.4, 0.5) is 0 Å². The number of nitrogens with zero attached hydrogens (tertiary/aromatic N) is 3. The van der Waals surface area contributed by atoms with Crippen LogP contribution in [0.15, 0.2) is 40.9 Å². The first-order valence-electron chi connectivity index (χ1n) is 9.36. The number of carbonyl (C=O) groups is 1. The average molecular weight is 366 g/mol. The molecule has 3 aromatic rings. The maximum absolute atomic E-state index is 13.0. The normalized spacial score (nSPS) is 12.5. The molecule has 1 atom stereocenters. The molecule has 0 aliphatic heterocycles. The largest absolute Gasteiger partial charge is 0.350 e. The highest BCUT2D eigenvalue weighted by molar-refractivity contribution is 6.06. The Morgan fingerprint density at radius 2 is 1.89 bits per heavy atom. The minimum absolute atomic E-state index is 0.118. The number of nitrogens with one attached hydrogen (secondary N) is 1. The SMILES string of the molecule is CCN(CC)C(CNC(=O)c1cc(C)nc2onc(C)c12)c1ccccc1. The van der Waals surface area contributed by atoms with Crippen molar-refractivity contribution in [3.63, 3.8) is 0 Å². The molecule has 0 saturated heterocycles. The van der Waals surface area contributed by atoms with Crippen LogP contribution in [0.5, 0.6) is 0 Å². The standard InChI is InChI=1S/C21H26N4O2/c1-5-25(6-2)18(16-10-8-7-9-11-16)13-22-20(26)17-12-14(3)23-21-19(17)15(4)24-27-21/h7-12,18H,5-6,13H2,1-4H3,(H,22,26). The number of fused-ring (bicyclic) bond motifs is 1. The van der Waals surface area contributed by atoms with Crippen molar-refractivity contribution in [2.45, 2.75) is 33.7 Å². The predicted molar refractivity (Wildman–Crippen MR) is 106 cm³/mol. The topological polar surface area (TPSA) is 71.3 Å². The van der Waals surface area contributed by atoms with Crippen LogP contribution in [0.3, 0.4) is 0 Å². The quantitative estimate of drug-likeness (QED) is 0.691. The number of hydrogen-bond acceptors (Lipinski definition) is 5. The number of aryl methyl sites for hydroxylation is 2. The van der Waals surface area contributed by atoms with Gasteiger partial charge in [-0.2, -0.15) is 0 Å². The number of pyridine rings is 1. The van der Waals surface area contributed by atoms with Gasteiger partial charge in [0.15, 0.2) is 0 Å². The number of benzene rings is 1. The molecule has 1 unspecified atom stereocenters. The first kappa shape index (κ1) is 19.0. The first-order valence-corrected chi connectivity index (χ1v) is 9.36. The molecule has 2 aromatic heterocycles. The van der Waals surface area contributed by atoms with E-state index in [1.54, 1.807) is 6.07 Å². The van der Waals surface area contributed by atoms with E-state index in [2.05, 4.69) is 46.3 Å². The molecule has 6 nitrogen and oxygen atoms in total. The van der Waals surface area contributed by atoms with Crippen molar-refractivity contribution in [3.05, 3.63) is 58.9 Å². The zero-order valence-corrected chi connectivity index (χ0v) is 16.3. The van der Waals surface area contributed by atoms with E-state index < -0.39 is 0 Å². The minimum Gasteiger partial charge on any atom is -0.350 e. The Bertz CT molecular complexity index is 917. The summed E-state index contributed by atoms with van der Waals surface area (Å²) >= 11 is 0. The van der Waals surface area contributed by atoms with Gasteiger partial charge in [-0.3, -0.25) is 9.69 Å². The van der Waals surface area contributed by atoms with E-state index in [4.69, 9.17) is 4.52 Å². The molecule has 0 radical (unpaired) electrons. The molecule has 6 heteroatoms. The molecule has 0 aliphatic carbocycles. The summed E-state index contributed by atoms with van der Waals surface area (Å²) < 4.78 is 5.24. The molecule has 0 fully saturated rings. The second-order valence-corrected chi connectivity index (χ2v) is 6.62. The number of likely N-dealkylation sites (N-methyl/N-ethyl adjacent to an activating group) is 1. The van der Waals surface area contributed by atoms with E-state index in [-0.39, 0.29) is 11.9 Å². The Labute approximate surface area is 159 Å². The number of amides is 1. The highest BCUT2D eigenvalue weighted by Crippen LogP contribution is 2.23. The van der Waals surface area contributed by atoms with Gasteiger partial charge in [-0.15, -0.1) is 0 Å². The molecule has 27 heavy (non-hydrogen) atoms. The summed E-state index contributed by atoms with van der Waals surface area (Å²) in [5, 5.41) is 7.73. The Hall–Kier alpha value is -2.73. The highest BCUT2D eigenvalue weighted by Gasteiger charge is 2.21. The Morgan fingerprint density at radius 1 is 1.19 bits per heavy atom. The molecule has 0 spiro atoms. The lowest BCUT2D eigenvalue weighted by Crippen LogP contribution is -2.38. The van der Waals surface area contributed by atoms with Gasteiger partial charge in [0.25, 0.3) is 11.6 Å². The Kier molecular flexibility index (Phi) is 5.86. The summed E-state index contributed by atoms with van der Waals surface area (Å²) in [6.07, 6.45) is 0. The molecule has 0 saturated carbocycles. The third-order valence-electron chi connectivity index (χ3n) is 4.88. The molecule has 3 rings (SSSR count). The van der Waals surface area contributed by atoms with Gasteiger partial charge < -0.3 is 9.84 Å². The highest BCUT2D eigenvalue weighted by atomic mass is 16.5. The number of hydrogen-bond donors (Lipinski definition) is 1. The van der Waals surface area contributed by atoms with E-state index >= 15 is 0 Å². The second kappa shape index (κ2) is 8.31. The van der Waals surface area contributed by atoms with Crippen LogP contribution < -0.4 is 5.32 Å². The van der Waals surface area contributed by atoms with Crippen LogP contribution in [0.1, 0.15) is 47.2 Å². The second-order valence-electron chi connectivity index (χ2n) is 6.62. The summed E-state index contributed by atoms with van der Waals surface area (Å²) in [7, 11) is 0. The van der Waals surface area contributed by atoms with E-state index in [1.165, 1.54) is 5.56 Å². The van der Waals surface area contributed by atoms with Gasteiger partial charge in [0.2, 0.25) is 0 Å². The Morgan fingerprint density at radius 3 is 2.56 bits per heavy atom. The predicted octanol–water partition coefficient (Wildman–Crippen LogP) is 3.65. The van der Waals surface area contributed by atoms with Crippen molar-refractivity contribution >= 4 is 17.0 Å². The molecule has 1 aromatic carbocycles. The summed E-state index contributed by atoms with van der Waals surface area (Å²) in [6, 6.07) is 12.2. The fraction of sp³-hybridized carbons (Fsp3) is 0.381. The van der Waals surface area contributed by atoms with Gasteiger partial charge in [-0.05, 0) is 38.6 Å². The van der Waals surface area contributed by atoms with Gasteiger partial charge in [0.1, 0.15) is 0 Å². The molecule has 142 valence electrons. The molecule has 0 bridgehead atoms. The third-order valence-corrected chi connectivity index (χ3v) is 4.88. The molecule has 2 heterocycles.